The second-order valence-corrected chi connectivity index (χ2v) is 6.27. The summed E-state index contributed by atoms with van der Waals surface area (Å²) in [5.41, 5.74) is 3.57. The number of para-hydroxylation sites is 1. The lowest BCUT2D eigenvalue weighted by Gasteiger charge is -2.07. The summed E-state index contributed by atoms with van der Waals surface area (Å²) in [5, 5.41) is 10.9. The fourth-order valence-electron chi connectivity index (χ4n) is 2.87. The first-order valence-electron chi connectivity index (χ1n) is 8.81. The van der Waals surface area contributed by atoms with Crippen LogP contribution >= 0.6 is 0 Å². The smallest absolute Gasteiger partial charge is 0.141 e. The van der Waals surface area contributed by atoms with E-state index in [1.807, 2.05) is 91.0 Å². The fourth-order valence-corrected chi connectivity index (χ4v) is 2.87. The van der Waals surface area contributed by atoms with Crippen molar-refractivity contribution in [3.63, 3.8) is 0 Å². The number of nitrogens with zero attached hydrogens (tertiary/aromatic N) is 1. The molecule has 4 aromatic rings. The van der Waals surface area contributed by atoms with Gasteiger partial charge in [-0.15, -0.1) is 0 Å². The first-order chi connectivity index (χ1) is 13.3. The lowest BCUT2D eigenvalue weighted by Crippen LogP contribution is -1.94. The van der Waals surface area contributed by atoms with Gasteiger partial charge < -0.3 is 9.84 Å². The van der Waals surface area contributed by atoms with Gasteiger partial charge in [-0.05, 0) is 41.5 Å². The van der Waals surface area contributed by atoms with Crippen molar-refractivity contribution >= 4 is 23.1 Å². The van der Waals surface area contributed by atoms with Crippen LogP contribution in [0.15, 0.2) is 84.9 Å². The molecular weight excluding hydrogens is 334 g/mol. The van der Waals surface area contributed by atoms with Gasteiger partial charge >= 0.3 is 0 Å². The maximum atomic E-state index is 9.97. The lowest BCUT2D eigenvalue weighted by molar-refractivity contribution is 0.306. The zero-order chi connectivity index (χ0) is 18.5. The standard InChI is InChI=1S/C24H19NO2/c26-23-11-5-9-20-13-15-21(25-24(20)23)14-12-18-8-4-10-22(16-18)27-17-19-6-2-1-3-7-19/h1-16,26H,17H2/b14-12+. The molecule has 132 valence electrons. The Bertz CT molecular complexity index is 1090. The van der Waals surface area contributed by atoms with Crippen LogP contribution in [0.3, 0.4) is 0 Å². The number of fused-ring (bicyclic) bond motifs is 1. The second kappa shape index (κ2) is 7.75. The Morgan fingerprint density at radius 1 is 0.815 bits per heavy atom. The summed E-state index contributed by atoms with van der Waals surface area (Å²) in [6.07, 6.45) is 3.92. The van der Waals surface area contributed by atoms with E-state index in [0.29, 0.717) is 12.1 Å². The molecule has 0 aliphatic heterocycles. The molecule has 3 nitrogen and oxygen atoms in total. The van der Waals surface area contributed by atoms with Crippen molar-refractivity contribution in [2.75, 3.05) is 0 Å². The normalized spacial score (nSPS) is 11.1. The van der Waals surface area contributed by atoms with Crippen molar-refractivity contribution in [3.8, 4) is 11.5 Å². The number of hydrogen-bond acceptors (Lipinski definition) is 3. The highest BCUT2D eigenvalue weighted by molar-refractivity contribution is 5.85. The molecule has 0 aliphatic rings. The summed E-state index contributed by atoms with van der Waals surface area (Å²) >= 11 is 0. The van der Waals surface area contributed by atoms with Crippen LogP contribution in [0, 0.1) is 0 Å². The highest BCUT2D eigenvalue weighted by atomic mass is 16.5. The number of aromatic hydroxyl groups is 1. The first kappa shape index (κ1) is 16.9. The van der Waals surface area contributed by atoms with E-state index in [9.17, 15) is 5.11 Å². The molecule has 0 aliphatic carbocycles. The Balaban J connectivity index is 1.50. The number of benzene rings is 3. The van der Waals surface area contributed by atoms with E-state index in [1.54, 1.807) is 6.07 Å². The van der Waals surface area contributed by atoms with Gasteiger partial charge in [0.2, 0.25) is 0 Å². The Morgan fingerprint density at radius 3 is 2.56 bits per heavy atom. The van der Waals surface area contributed by atoms with E-state index in [-0.39, 0.29) is 5.75 Å². The Hall–Kier alpha value is -3.59. The fraction of sp³-hybridized carbons (Fsp3) is 0.0417. The van der Waals surface area contributed by atoms with Gasteiger partial charge in [-0.25, -0.2) is 4.98 Å². The van der Waals surface area contributed by atoms with E-state index >= 15 is 0 Å². The van der Waals surface area contributed by atoms with Crippen molar-refractivity contribution in [2.24, 2.45) is 0 Å². The molecule has 0 radical (unpaired) electrons. The van der Waals surface area contributed by atoms with Gasteiger partial charge in [-0.1, -0.05) is 66.7 Å². The molecule has 0 saturated carbocycles. The quantitative estimate of drug-likeness (QED) is 0.501. The number of phenolic OH excluding ortho intramolecular Hbond substituents is 1. The summed E-state index contributed by atoms with van der Waals surface area (Å²) in [4.78, 5) is 4.52. The van der Waals surface area contributed by atoms with Crippen LogP contribution < -0.4 is 4.74 Å². The van der Waals surface area contributed by atoms with Crippen LogP contribution in [0.4, 0.5) is 0 Å². The number of aromatic nitrogens is 1. The third kappa shape index (κ3) is 4.15. The molecule has 0 amide bonds. The summed E-state index contributed by atoms with van der Waals surface area (Å²) in [6, 6.07) is 27.3. The minimum absolute atomic E-state index is 0.194. The summed E-state index contributed by atoms with van der Waals surface area (Å²) < 4.78 is 5.88. The third-order valence-corrected chi connectivity index (χ3v) is 4.27. The van der Waals surface area contributed by atoms with Crippen LogP contribution in [-0.2, 0) is 6.61 Å². The molecule has 0 unspecified atom stereocenters. The molecule has 3 heteroatoms. The maximum Gasteiger partial charge on any atom is 0.141 e. The van der Waals surface area contributed by atoms with Crippen molar-refractivity contribution in [1.82, 2.24) is 4.98 Å². The number of phenols is 1. The molecule has 0 saturated heterocycles. The van der Waals surface area contributed by atoms with Crippen LogP contribution in [0.5, 0.6) is 11.5 Å². The van der Waals surface area contributed by atoms with E-state index < -0.39 is 0 Å². The van der Waals surface area contributed by atoms with Crippen LogP contribution in [0.25, 0.3) is 23.1 Å². The number of hydrogen-bond donors (Lipinski definition) is 1. The monoisotopic (exact) mass is 353 g/mol. The zero-order valence-electron chi connectivity index (χ0n) is 14.7. The molecule has 0 fully saturated rings. The van der Waals surface area contributed by atoms with Gasteiger partial charge in [0, 0.05) is 5.39 Å². The number of ether oxygens (including phenoxy) is 1. The van der Waals surface area contributed by atoms with E-state index in [2.05, 4.69) is 4.98 Å². The predicted molar refractivity (Wildman–Crippen MR) is 110 cm³/mol. The zero-order valence-corrected chi connectivity index (χ0v) is 14.7. The Kier molecular flexibility index (Phi) is 4.84. The molecule has 3 aromatic carbocycles. The highest BCUT2D eigenvalue weighted by Gasteiger charge is 2.01. The van der Waals surface area contributed by atoms with Crippen molar-refractivity contribution in [1.29, 1.82) is 0 Å². The van der Waals surface area contributed by atoms with Crippen LogP contribution in [0.2, 0.25) is 0 Å². The minimum atomic E-state index is 0.194. The Labute approximate surface area is 158 Å². The summed E-state index contributed by atoms with van der Waals surface area (Å²) in [7, 11) is 0. The predicted octanol–water partition coefficient (Wildman–Crippen LogP) is 5.69. The first-order valence-corrected chi connectivity index (χ1v) is 8.81. The molecular formula is C24H19NO2. The van der Waals surface area contributed by atoms with Crippen LogP contribution in [0.1, 0.15) is 16.8 Å². The molecule has 0 atom stereocenters. The summed E-state index contributed by atoms with van der Waals surface area (Å²) in [5.74, 6) is 1.02. The molecule has 1 heterocycles. The van der Waals surface area contributed by atoms with Crippen molar-refractivity contribution in [3.05, 3.63) is 102 Å². The van der Waals surface area contributed by atoms with Gasteiger partial charge in [0.25, 0.3) is 0 Å². The maximum absolute atomic E-state index is 9.97. The van der Waals surface area contributed by atoms with E-state index in [4.69, 9.17) is 4.74 Å². The van der Waals surface area contributed by atoms with Gasteiger partial charge in [0.05, 0.1) is 5.69 Å². The highest BCUT2D eigenvalue weighted by Crippen LogP contribution is 2.23. The van der Waals surface area contributed by atoms with E-state index in [0.717, 1.165) is 28.0 Å². The van der Waals surface area contributed by atoms with E-state index in [1.165, 1.54) is 0 Å². The largest absolute Gasteiger partial charge is 0.506 e. The van der Waals surface area contributed by atoms with Gasteiger partial charge in [-0.3, -0.25) is 0 Å². The van der Waals surface area contributed by atoms with Crippen LogP contribution in [-0.4, -0.2) is 10.1 Å². The SMILES string of the molecule is Oc1cccc2ccc(/C=C/c3cccc(OCc4ccccc4)c3)nc12. The van der Waals surface area contributed by atoms with Gasteiger partial charge in [0.15, 0.2) is 0 Å². The third-order valence-electron chi connectivity index (χ3n) is 4.27. The molecule has 0 bridgehead atoms. The molecule has 27 heavy (non-hydrogen) atoms. The van der Waals surface area contributed by atoms with Crippen molar-refractivity contribution in [2.45, 2.75) is 6.61 Å². The minimum Gasteiger partial charge on any atom is -0.506 e. The summed E-state index contributed by atoms with van der Waals surface area (Å²) in [6.45, 7) is 0.541. The van der Waals surface area contributed by atoms with Gasteiger partial charge in [-0.2, -0.15) is 0 Å². The number of pyridine rings is 1. The Morgan fingerprint density at radius 2 is 1.67 bits per heavy atom. The molecule has 1 N–H and O–H groups in total. The van der Waals surface area contributed by atoms with Gasteiger partial charge in [0.1, 0.15) is 23.6 Å². The second-order valence-electron chi connectivity index (χ2n) is 6.27. The molecule has 1 aromatic heterocycles. The molecule has 4 rings (SSSR count). The lowest BCUT2D eigenvalue weighted by atomic mass is 10.1. The number of rotatable bonds is 5. The molecule has 0 spiro atoms. The van der Waals surface area contributed by atoms with Crippen molar-refractivity contribution < 1.29 is 9.84 Å². The average molecular weight is 353 g/mol. The topological polar surface area (TPSA) is 42.4 Å². The average Bonchev–Trinajstić information content (AvgIpc) is 2.72.